The van der Waals surface area contributed by atoms with E-state index in [1.165, 1.54) is 0 Å². The molecule has 5 heteroatoms. The highest BCUT2D eigenvalue weighted by molar-refractivity contribution is 9.10. The van der Waals surface area contributed by atoms with Crippen molar-refractivity contribution in [3.8, 4) is 5.75 Å². The van der Waals surface area contributed by atoms with E-state index in [1.54, 1.807) is 18.9 Å². The lowest BCUT2D eigenvalue weighted by molar-refractivity contribution is 0.414. The maximum atomic E-state index is 6.16. The number of anilines is 1. The highest BCUT2D eigenvalue weighted by Crippen LogP contribution is 2.36. The van der Waals surface area contributed by atoms with Crippen LogP contribution in [0.3, 0.4) is 0 Å². The van der Waals surface area contributed by atoms with E-state index in [2.05, 4.69) is 15.9 Å². The molecule has 100 valence electrons. The minimum atomic E-state index is 0.684. The lowest BCUT2D eigenvalue weighted by Crippen LogP contribution is -1.91. The third-order valence-corrected chi connectivity index (χ3v) is 5.02. The summed E-state index contributed by atoms with van der Waals surface area (Å²) in [6.45, 7) is 0. The molecule has 2 nitrogen and oxygen atoms in total. The summed E-state index contributed by atoms with van der Waals surface area (Å²) in [5.41, 5.74) is 7.79. The summed E-state index contributed by atoms with van der Waals surface area (Å²) in [5, 5.41) is 0.684. The predicted octanol–water partition coefficient (Wildman–Crippen LogP) is 4.99. The smallest absolute Gasteiger partial charge is 0.119 e. The average molecular weight is 359 g/mol. The number of nitrogen functional groups attached to an aromatic ring is 1. The molecule has 0 saturated carbocycles. The van der Waals surface area contributed by atoms with E-state index in [9.17, 15) is 0 Å². The summed E-state index contributed by atoms with van der Waals surface area (Å²) in [6.07, 6.45) is 0. The van der Waals surface area contributed by atoms with E-state index in [0.717, 1.165) is 26.4 Å². The Morgan fingerprint density at radius 2 is 2.11 bits per heavy atom. The molecule has 0 atom stereocenters. The maximum Gasteiger partial charge on any atom is 0.119 e. The Morgan fingerprint density at radius 3 is 2.79 bits per heavy atom. The Bertz CT molecular complexity index is 571. The monoisotopic (exact) mass is 357 g/mol. The first-order valence-corrected chi connectivity index (χ1v) is 7.76. The van der Waals surface area contributed by atoms with Gasteiger partial charge < -0.3 is 10.5 Å². The number of nitrogens with two attached hydrogens (primary N) is 1. The Hall–Kier alpha value is -0.840. The molecule has 0 bridgehead atoms. The van der Waals surface area contributed by atoms with Crippen LogP contribution in [-0.4, -0.2) is 7.11 Å². The summed E-state index contributed by atoms with van der Waals surface area (Å²) in [7, 11) is 1.66. The van der Waals surface area contributed by atoms with Crippen LogP contribution in [0.1, 0.15) is 5.56 Å². The van der Waals surface area contributed by atoms with Gasteiger partial charge >= 0.3 is 0 Å². The molecule has 0 unspecified atom stereocenters. The van der Waals surface area contributed by atoms with Crippen LogP contribution in [0.15, 0.2) is 45.8 Å². The molecule has 0 fully saturated rings. The molecule has 0 aromatic heterocycles. The Morgan fingerprint density at radius 1 is 1.32 bits per heavy atom. The standard InChI is InChI=1S/C14H13BrClNOS/c1-18-10-5-6-11(15)9(7-10)8-19-14-12(16)3-2-4-13(14)17/h2-7H,8,17H2,1H3. The molecular weight excluding hydrogens is 346 g/mol. The van der Waals surface area contributed by atoms with Crippen molar-refractivity contribution in [2.75, 3.05) is 12.8 Å². The molecule has 2 aromatic rings. The normalized spacial score (nSPS) is 10.5. The van der Waals surface area contributed by atoms with Crippen LogP contribution in [0.4, 0.5) is 5.69 Å². The lowest BCUT2D eigenvalue weighted by Gasteiger charge is -2.10. The Labute approximate surface area is 130 Å². The fraction of sp³-hybridized carbons (Fsp3) is 0.143. The fourth-order valence-electron chi connectivity index (χ4n) is 1.62. The van der Waals surface area contributed by atoms with Gasteiger partial charge in [0.1, 0.15) is 5.75 Å². The second-order valence-electron chi connectivity index (χ2n) is 3.90. The number of rotatable bonds is 4. The van der Waals surface area contributed by atoms with Crippen LogP contribution in [0.25, 0.3) is 0 Å². The summed E-state index contributed by atoms with van der Waals surface area (Å²) >= 11 is 11.3. The van der Waals surface area contributed by atoms with E-state index in [0.29, 0.717) is 10.7 Å². The highest BCUT2D eigenvalue weighted by Gasteiger charge is 2.08. The molecule has 0 saturated heterocycles. The van der Waals surface area contributed by atoms with E-state index in [4.69, 9.17) is 22.1 Å². The number of benzene rings is 2. The minimum absolute atomic E-state index is 0.684. The zero-order chi connectivity index (χ0) is 13.8. The molecule has 0 aliphatic heterocycles. The first kappa shape index (κ1) is 14.6. The van der Waals surface area contributed by atoms with Gasteiger partial charge in [-0.3, -0.25) is 0 Å². The van der Waals surface area contributed by atoms with Crippen molar-refractivity contribution in [2.24, 2.45) is 0 Å². The van der Waals surface area contributed by atoms with Crippen LogP contribution >= 0.6 is 39.3 Å². The van der Waals surface area contributed by atoms with Gasteiger partial charge in [-0.15, -0.1) is 11.8 Å². The number of ether oxygens (including phenoxy) is 1. The van der Waals surface area contributed by atoms with E-state index < -0.39 is 0 Å². The highest BCUT2D eigenvalue weighted by atomic mass is 79.9. The number of thioether (sulfide) groups is 1. The molecular formula is C14H13BrClNOS. The lowest BCUT2D eigenvalue weighted by atomic mass is 10.2. The second-order valence-corrected chi connectivity index (χ2v) is 6.15. The minimum Gasteiger partial charge on any atom is -0.497 e. The topological polar surface area (TPSA) is 35.2 Å². The van der Waals surface area contributed by atoms with Crippen LogP contribution in [-0.2, 0) is 5.75 Å². The number of hydrogen-bond donors (Lipinski definition) is 1. The van der Waals surface area contributed by atoms with Gasteiger partial charge in [-0.2, -0.15) is 0 Å². The van der Waals surface area contributed by atoms with Crippen LogP contribution in [0, 0.1) is 0 Å². The van der Waals surface area contributed by atoms with Crippen molar-refractivity contribution >= 4 is 45.0 Å². The van der Waals surface area contributed by atoms with Gasteiger partial charge in [-0.25, -0.2) is 0 Å². The van der Waals surface area contributed by atoms with Crippen molar-refractivity contribution in [2.45, 2.75) is 10.6 Å². The molecule has 19 heavy (non-hydrogen) atoms. The molecule has 0 radical (unpaired) electrons. The third kappa shape index (κ3) is 3.59. The SMILES string of the molecule is COc1ccc(Br)c(CSc2c(N)cccc2Cl)c1. The largest absolute Gasteiger partial charge is 0.497 e. The van der Waals surface area contributed by atoms with Crippen molar-refractivity contribution in [1.82, 2.24) is 0 Å². The molecule has 0 aliphatic carbocycles. The van der Waals surface area contributed by atoms with Crippen molar-refractivity contribution < 1.29 is 4.74 Å². The van der Waals surface area contributed by atoms with Gasteiger partial charge in [0, 0.05) is 20.8 Å². The summed E-state index contributed by atoms with van der Waals surface area (Å²) in [5.74, 6) is 1.61. The van der Waals surface area contributed by atoms with Crippen molar-refractivity contribution in [1.29, 1.82) is 0 Å². The Kier molecular flexibility index (Phi) is 5.02. The molecule has 0 amide bonds. The van der Waals surface area contributed by atoms with Crippen molar-refractivity contribution in [3.63, 3.8) is 0 Å². The quantitative estimate of drug-likeness (QED) is 0.618. The van der Waals surface area contributed by atoms with Crippen LogP contribution in [0.5, 0.6) is 5.75 Å². The van der Waals surface area contributed by atoms with Gasteiger partial charge in [0.2, 0.25) is 0 Å². The summed E-state index contributed by atoms with van der Waals surface area (Å²) in [4.78, 5) is 0.916. The van der Waals surface area contributed by atoms with E-state index >= 15 is 0 Å². The average Bonchev–Trinajstić information content (AvgIpc) is 2.40. The zero-order valence-corrected chi connectivity index (χ0v) is 13.5. The zero-order valence-electron chi connectivity index (χ0n) is 10.3. The first-order chi connectivity index (χ1) is 9.11. The maximum absolute atomic E-state index is 6.16. The third-order valence-electron chi connectivity index (χ3n) is 2.62. The predicted molar refractivity (Wildman–Crippen MR) is 86.1 cm³/mol. The fourth-order valence-corrected chi connectivity index (χ4v) is 3.51. The summed E-state index contributed by atoms with van der Waals surface area (Å²) in [6, 6.07) is 11.5. The van der Waals surface area contributed by atoms with E-state index in [1.807, 2.05) is 36.4 Å². The van der Waals surface area contributed by atoms with Gasteiger partial charge in [0.25, 0.3) is 0 Å². The Balaban J connectivity index is 2.19. The van der Waals surface area contributed by atoms with Crippen LogP contribution in [0.2, 0.25) is 5.02 Å². The molecule has 2 rings (SSSR count). The molecule has 2 aromatic carbocycles. The van der Waals surface area contributed by atoms with Gasteiger partial charge in [0.15, 0.2) is 0 Å². The van der Waals surface area contributed by atoms with Gasteiger partial charge in [0.05, 0.1) is 12.1 Å². The van der Waals surface area contributed by atoms with Gasteiger partial charge in [-0.1, -0.05) is 33.6 Å². The number of hydrogen-bond acceptors (Lipinski definition) is 3. The van der Waals surface area contributed by atoms with Gasteiger partial charge in [-0.05, 0) is 35.9 Å². The van der Waals surface area contributed by atoms with E-state index in [-0.39, 0.29) is 0 Å². The number of methoxy groups -OCH3 is 1. The molecule has 0 aliphatic rings. The van der Waals surface area contributed by atoms with Crippen molar-refractivity contribution in [3.05, 3.63) is 51.5 Å². The summed E-state index contributed by atoms with van der Waals surface area (Å²) < 4.78 is 6.28. The molecule has 0 heterocycles. The molecule has 0 spiro atoms. The first-order valence-electron chi connectivity index (χ1n) is 5.61. The second kappa shape index (κ2) is 6.55. The molecule has 2 N–H and O–H groups in total. The van der Waals surface area contributed by atoms with Crippen LogP contribution < -0.4 is 10.5 Å². The number of halogens is 2.